The number of likely N-dealkylation sites (N-methyl/N-ethyl adjacent to an activating group) is 1. The number of fused-ring (bicyclic) bond motifs is 1. The molecule has 1 N–H and O–H groups in total. The molecule has 2 amide bonds. The maximum atomic E-state index is 12.8. The van der Waals surface area contributed by atoms with Crippen molar-refractivity contribution in [3.63, 3.8) is 0 Å². The van der Waals surface area contributed by atoms with Crippen molar-refractivity contribution < 1.29 is 18.7 Å². The summed E-state index contributed by atoms with van der Waals surface area (Å²) in [6.45, 7) is 0.293. The first kappa shape index (κ1) is 15.0. The van der Waals surface area contributed by atoms with Crippen LogP contribution in [0.1, 0.15) is 15.9 Å². The number of halogens is 1. The summed E-state index contributed by atoms with van der Waals surface area (Å²) < 4.78 is 18.2. The van der Waals surface area contributed by atoms with Gasteiger partial charge in [0.15, 0.2) is 6.61 Å². The summed E-state index contributed by atoms with van der Waals surface area (Å²) in [7, 11) is 1.64. The Morgan fingerprint density at radius 3 is 2.74 bits per heavy atom. The molecule has 0 spiro atoms. The van der Waals surface area contributed by atoms with Gasteiger partial charge in [0, 0.05) is 19.2 Å². The van der Waals surface area contributed by atoms with Gasteiger partial charge in [-0.05, 0) is 35.9 Å². The van der Waals surface area contributed by atoms with E-state index in [1.165, 1.54) is 17.0 Å². The van der Waals surface area contributed by atoms with Gasteiger partial charge >= 0.3 is 0 Å². The summed E-state index contributed by atoms with van der Waals surface area (Å²) in [5.41, 5.74) is 1.79. The lowest BCUT2D eigenvalue weighted by molar-refractivity contribution is -0.120. The van der Waals surface area contributed by atoms with E-state index in [0.717, 1.165) is 5.56 Å². The number of nitrogens with zero attached hydrogens (tertiary/aromatic N) is 1. The molecule has 1 heterocycles. The van der Waals surface area contributed by atoms with Gasteiger partial charge in [0.2, 0.25) is 0 Å². The fraction of sp³-hybridized carbons (Fsp3) is 0.176. The number of carbonyl (C=O) groups is 2. The first-order valence-electron chi connectivity index (χ1n) is 7.10. The Labute approximate surface area is 132 Å². The molecule has 0 aromatic heterocycles. The maximum absolute atomic E-state index is 12.8. The Morgan fingerprint density at radius 2 is 2.00 bits per heavy atom. The van der Waals surface area contributed by atoms with E-state index in [-0.39, 0.29) is 24.2 Å². The van der Waals surface area contributed by atoms with Crippen molar-refractivity contribution in [1.29, 1.82) is 0 Å². The Hall–Kier alpha value is -2.89. The number of ether oxygens (including phenoxy) is 1. The Balaban J connectivity index is 1.73. The molecule has 0 fully saturated rings. The number of nitrogens with one attached hydrogen (secondary N) is 1. The molecule has 0 unspecified atom stereocenters. The molecule has 118 valence electrons. The zero-order chi connectivity index (χ0) is 16.4. The average Bonchev–Trinajstić information content (AvgIpc) is 2.57. The second-order valence-corrected chi connectivity index (χ2v) is 5.23. The first-order valence-corrected chi connectivity index (χ1v) is 7.10. The van der Waals surface area contributed by atoms with Crippen molar-refractivity contribution in [3.8, 4) is 5.75 Å². The highest BCUT2D eigenvalue weighted by Crippen LogP contribution is 2.31. The van der Waals surface area contributed by atoms with Crippen LogP contribution < -0.4 is 15.0 Å². The van der Waals surface area contributed by atoms with Gasteiger partial charge in [-0.25, -0.2) is 4.39 Å². The lowest BCUT2D eigenvalue weighted by Crippen LogP contribution is -2.35. The first-order chi connectivity index (χ1) is 11.0. The lowest BCUT2D eigenvalue weighted by atomic mass is 10.1. The molecular weight excluding hydrogens is 299 g/mol. The third-order valence-electron chi connectivity index (χ3n) is 3.67. The highest BCUT2D eigenvalue weighted by atomic mass is 19.1. The van der Waals surface area contributed by atoms with E-state index in [4.69, 9.17) is 4.74 Å². The third-order valence-corrected chi connectivity index (χ3v) is 3.67. The number of hydrogen-bond donors (Lipinski definition) is 1. The van der Waals surface area contributed by atoms with Gasteiger partial charge in [0.1, 0.15) is 11.6 Å². The van der Waals surface area contributed by atoms with E-state index >= 15 is 0 Å². The second kappa shape index (κ2) is 6.08. The molecular formula is C17H15FN2O3. The van der Waals surface area contributed by atoms with Gasteiger partial charge < -0.3 is 15.0 Å². The monoisotopic (exact) mass is 314 g/mol. The second-order valence-electron chi connectivity index (χ2n) is 5.23. The van der Waals surface area contributed by atoms with Crippen molar-refractivity contribution in [3.05, 3.63) is 59.4 Å². The molecule has 0 saturated carbocycles. The van der Waals surface area contributed by atoms with Gasteiger partial charge in [0.25, 0.3) is 11.8 Å². The number of hydrogen-bond acceptors (Lipinski definition) is 3. The molecule has 3 rings (SSSR count). The normalized spacial score (nSPS) is 13.3. The molecule has 1 aliphatic heterocycles. The summed E-state index contributed by atoms with van der Waals surface area (Å²) in [6.07, 6.45) is 0. The van der Waals surface area contributed by atoms with E-state index in [0.29, 0.717) is 23.5 Å². The van der Waals surface area contributed by atoms with Crippen molar-refractivity contribution >= 4 is 17.5 Å². The van der Waals surface area contributed by atoms with Crippen LogP contribution in [0.5, 0.6) is 5.75 Å². The smallest absolute Gasteiger partial charge is 0.264 e. The summed E-state index contributed by atoms with van der Waals surface area (Å²) in [5.74, 6) is -0.186. The van der Waals surface area contributed by atoms with Crippen LogP contribution in [0.3, 0.4) is 0 Å². The molecule has 0 bridgehead atoms. The van der Waals surface area contributed by atoms with Crippen molar-refractivity contribution in [2.24, 2.45) is 0 Å². The van der Waals surface area contributed by atoms with Crippen LogP contribution in [0.25, 0.3) is 0 Å². The SMILES string of the molecule is CN1C(=O)COc2ccc(C(=O)NCc3ccc(F)cc3)cc21. The van der Waals surface area contributed by atoms with E-state index in [2.05, 4.69) is 5.32 Å². The minimum Gasteiger partial charge on any atom is -0.482 e. The fourth-order valence-corrected chi connectivity index (χ4v) is 2.30. The van der Waals surface area contributed by atoms with Gasteiger partial charge in [0.05, 0.1) is 5.69 Å². The molecule has 2 aromatic carbocycles. The molecule has 0 aliphatic carbocycles. The summed E-state index contributed by atoms with van der Waals surface area (Å²) in [6, 6.07) is 10.8. The van der Waals surface area contributed by atoms with E-state index in [1.54, 1.807) is 37.4 Å². The average molecular weight is 314 g/mol. The van der Waals surface area contributed by atoms with Gasteiger partial charge in [-0.1, -0.05) is 12.1 Å². The van der Waals surface area contributed by atoms with Crippen LogP contribution in [0.4, 0.5) is 10.1 Å². The Morgan fingerprint density at radius 1 is 1.26 bits per heavy atom. The van der Waals surface area contributed by atoms with Crippen LogP contribution in [0, 0.1) is 5.82 Å². The van der Waals surface area contributed by atoms with Crippen LogP contribution >= 0.6 is 0 Å². The predicted octanol–water partition coefficient (Wildman–Crippen LogP) is 2.11. The lowest BCUT2D eigenvalue weighted by Gasteiger charge is -2.26. The molecule has 6 heteroatoms. The van der Waals surface area contributed by atoms with Gasteiger partial charge in [-0.3, -0.25) is 9.59 Å². The standard InChI is InChI=1S/C17H15FN2O3/c1-20-14-8-12(4-7-15(14)23-10-16(20)21)17(22)19-9-11-2-5-13(18)6-3-11/h2-8H,9-10H2,1H3,(H,19,22). The highest BCUT2D eigenvalue weighted by Gasteiger charge is 2.23. The minimum absolute atomic E-state index is 0.000387. The zero-order valence-electron chi connectivity index (χ0n) is 12.5. The number of amides is 2. The summed E-state index contributed by atoms with van der Waals surface area (Å²) in [4.78, 5) is 25.3. The van der Waals surface area contributed by atoms with Crippen molar-refractivity contribution in [2.45, 2.75) is 6.54 Å². The third kappa shape index (κ3) is 3.15. The zero-order valence-corrected chi connectivity index (χ0v) is 12.5. The molecule has 2 aromatic rings. The molecule has 5 nitrogen and oxygen atoms in total. The highest BCUT2D eigenvalue weighted by molar-refractivity contribution is 6.00. The largest absolute Gasteiger partial charge is 0.482 e. The summed E-state index contributed by atoms with van der Waals surface area (Å²) in [5, 5.41) is 2.76. The van der Waals surface area contributed by atoms with Gasteiger partial charge in [-0.15, -0.1) is 0 Å². The molecule has 0 atom stereocenters. The van der Waals surface area contributed by atoms with Gasteiger partial charge in [-0.2, -0.15) is 0 Å². The quantitative estimate of drug-likeness (QED) is 0.944. The van der Waals surface area contributed by atoms with E-state index in [1.807, 2.05) is 0 Å². The van der Waals surface area contributed by atoms with E-state index in [9.17, 15) is 14.0 Å². The molecule has 0 radical (unpaired) electrons. The minimum atomic E-state index is -0.317. The number of benzene rings is 2. The molecule has 0 saturated heterocycles. The number of rotatable bonds is 3. The molecule has 23 heavy (non-hydrogen) atoms. The molecule has 1 aliphatic rings. The number of carbonyl (C=O) groups excluding carboxylic acids is 2. The Kier molecular flexibility index (Phi) is 3.97. The van der Waals surface area contributed by atoms with Crippen LogP contribution in [-0.2, 0) is 11.3 Å². The Bertz CT molecular complexity index is 759. The van der Waals surface area contributed by atoms with Crippen LogP contribution in [0.15, 0.2) is 42.5 Å². The fourth-order valence-electron chi connectivity index (χ4n) is 2.30. The van der Waals surface area contributed by atoms with Crippen LogP contribution in [0.2, 0.25) is 0 Å². The number of anilines is 1. The van der Waals surface area contributed by atoms with Crippen molar-refractivity contribution in [2.75, 3.05) is 18.6 Å². The maximum Gasteiger partial charge on any atom is 0.264 e. The predicted molar refractivity (Wildman–Crippen MR) is 82.9 cm³/mol. The topological polar surface area (TPSA) is 58.6 Å². The van der Waals surface area contributed by atoms with Crippen LogP contribution in [-0.4, -0.2) is 25.5 Å². The van der Waals surface area contributed by atoms with Crippen molar-refractivity contribution in [1.82, 2.24) is 5.32 Å². The van der Waals surface area contributed by atoms with E-state index < -0.39 is 0 Å². The summed E-state index contributed by atoms with van der Waals surface area (Å²) >= 11 is 0.